The first kappa shape index (κ1) is 19.3. The summed E-state index contributed by atoms with van der Waals surface area (Å²) in [5, 5.41) is 3.06. The van der Waals surface area contributed by atoms with Crippen LogP contribution in [0.25, 0.3) is 0 Å². The fourth-order valence-corrected chi connectivity index (χ4v) is 3.94. The van der Waals surface area contributed by atoms with Crippen LogP contribution in [0.4, 0.5) is 10.5 Å². The molecule has 0 bridgehead atoms. The standard InChI is InChI=1S/C20H29N3O4/c1-14-21-17(24)20(23(14)15-6-8-16(26-5)9-7-15)10-12-22(13-11-20)18(25)27-19(2,3)4/h6-9,14H,10-13H2,1-5H3,(H,21,24). The van der Waals surface area contributed by atoms with Crippen molar-refractivity contribution >= 4 is 17.7 Å². The maximum atomic E-state index is 12.9. The van der Waals surface area contributed by atoms with Gasteiger partial charge in [-0.15, -0.1) is 0 Å². The largest absolute Gasteiger partial charge is 0.497 e. The van der Waals surface area contributed by atoms with Crippen LogP contribution in [-0.2, 0) is 9.53 Å². The summed E-state index contributed by atoms with van der Waals surface area (Å²) in [6.07, 6.45) is 0.696. The number of ether oxygens (including phenoxy) is 2. The van der Waals surface area contributed by atoms with E-state index < -0.39 is 11.1 Å². The van der Waals surface area contributed by atoms with E-state index in [1.54, 1.807) is 12.0 Å². The normalized spacial score (nSPS) is 22.0. The Kier molecular flexibility index (Phi) is 4.97. The molecule has 0 aromatic heterocycles. The number of likely N-dealkylation sites (tertiary alicyclic amines) is 1. The van der Waals surface area contributed by atoms with Crippen LogP contribution in [-0.4, -0.2) is 54.4 Å². The number of nitrogens with one attached hydrogen (secondary N) is 1. The zero-order valence-corrected chi connectivity index (χ0v) is 16.7. The van der Waals surface area contributed by atoms with E-state index in [0.29, 0.717) is 25.9 Å². The van der Waals surface area contributed by atoms with Gasteiger partial charge >= 0.3 is 6.09 Å². The summed E-state index contributed by atoms with van der Waals surface area (Å²) in [7, 11) is 1.63. The lowest BCUT2D eigenvalue weighted by Crippen LogP contribution is -2.58. The van der Waals surface area contributed by atoms with E-state index in [4.69, 9.17) is 9.47 Å². The first-order chi connectivity index (χ1) is 12.7. The van der Waals surface area contributed by atoms with Crippen LogP contribution in [0.3, 0.4) is 0 Å². The number of benzene rings is 1. The molecule has 148 valence electrons. The van der Waals surface area contributed by atoms with Gasteiger partial charge in [0.15, 0.2) is 0 Å². The molecule has 2 amide bonds. The number of hydrogen-bond acceptors (Lipinski definition) is 5. The molecule has 2 saturated heterocycles. The molecule has 1 aromatic rings. The van der Waals surface area contributed by atoms with E-state index in [-0.39, 0.29) is 18.2 Å². The molecule has 3 rings (SSSR count). The maximum absolute atomic E-state index is 12.9. The minimum absolute atomic E-state index is 0.0228. The Morgan fingerprint density at radius 1 is 1.19 bits per heavy atom. The van der Waals surface area contributed by atoms with Crippen molar-refractivity contribution in [2.75, 3.05) is 25.1 Å². The van der Waals surface area contributed by atoms with Crippen LogP contribution in [0.15, 0.2) is 24.3 Å². The Bertz CT molecular complexity index is 703. The van der Waals surface area contributed by atoms with Gasteiger partial charge in [-0.05, 0) is 64.8 Å². The van der Waals surface area contributed by atoms with Crippen LogP contribution in [0.1, 0.15) is 40.5 Å². The van der Waals surface area contributed by atoms with Crippen molar-refractivity contribution in [2.24, 2.45) is 0 Å². The molecule has 0 saturated carbocycles. The number of methoxy groups -OCH3 is 1. The number of piperidine rings is 1. The second-order valence-electron chi connectivity index (χ2n) is 8.22. The zero-order valence-electron chi connectivity index (χ0n) is 16.7. The van der Waals surface area contributed by atoms with E-state index in [2.05, 4.69) is 10.2 Å². The molecule has 7 nitrogen and oxygen atoms in total. The summed E-state index contributed by atoms with van der Waals surface area (Å²) in [4.78, 5) is 29.1. The molecule has 2 aliphatic rings. The predicted molar refractivity (Wildman–Crippen MR) is 103 cm³/mol. The monoisotopic (exact) mass is 375 g/mol. The molecule has 0 radical (unpaired) electrons. The Morgan fingerprint density at radius 2 is 1.78 bits per heavy atom. The number of carbonyl (C=O) groups is 2. The van der Waals surface area contributed by atoms with Crippen LogP contribution in [0, 0.1) is 0 Å². The number of carbonyl (C=O) groups excluding carboxylic acids is 2. The molecule has 1 spiro atoms. The molecule has 1 unspecified atom stereocenters. The van der Waals surface area contributed by atoms with Crippen LogP contribution >= 0.6 is 0 Å². The quantitative estimate of drug-likeness (QED) is 0.861. The molecule has 1 atom stereocenters. The van der Waals surface area contributed by atoms with Gasteiger partial charge in [0.05, 0.1) is 13.3 Å². The van der Waals surface area contributed by atoms with Crippen molar-refractivity contribution in [3.8, 4) is 5.75 Å². The molecule has 2 heterocycles. The molecule has 27 heavy (non-hydrogen) atoms. The summed E-state index contributed by atoms with van der Waals surface area (Å²) >= 11 is 0. The molecule has 7 heteroatoms. The minimum Gasteiger partial charge on any atom is -0.497 e. The van der Waals surface area contributed by atoms with Gasteiger partial charge in [-0.25, -0.2) is 4.79 Å². The second kappa shape index (κ2) is 6.94. The molecule has 1 aromatic carbocycles. The summed E-state index contributed by atoms with van der Waals surface area (Å²) < 4.78 is 10.7. The lowest BCUT2D eigenvalue weighted by atomic mass is 9.85. The summed E-state index contributed by atoms with van der Waals surface area (Å²) in [6, 6.07) is 7.73. The smallest absolute Gasteiger partial charge is 0.410 e. The van der Waals surface area contributed by atoms with Gasteiger partial charge in [-0.3, -0.25) is 4.79 Å². The molecule has 2 fully saturated rings. The van der Waals surface area contributed by atoms with Crippen LogP contribution < -0.4 is 15.0 Å². The topological polar surface area (TPSA) is 71.1 Å². The van der Waals surface area contributed by atoms with Gasteiger partial charge in [-0.2, -0.15) is 0 Å². The molecule has 1 N–H and O–H groups in total. The average Bonchev–Trinajstić information content (AvgIpc) is 2.84. The van der Waals surface area contributed by atoms with Crippen molar-refractivity contribution in [3.63, 3.8) is 0 Å². The van der Waals surface area contributed by atoms with Gasteiger partial charge in [0, 0.05) is 18.8 Å². The first-order valence-electron chi connectivity index (χ1n) is 9.38. The summed E-state index contributed by atoms with van der Waals surface area (Å²) in [6.45, 7) is 8.52. The summed E-state index contributed by atoms with van der Waals surface area (Å²) in [5.74, 6) is 0.799. The van der Waals surface area contributed by atoms with Crippen LogP contribution in [0.5, 0.6) is 5.75 Å². The molecular formula is C20H29N3O4. The Hall–Kier alpha value is -2.44. The highest BCUT2D eigenvalue weighted by Crippen LogP contribution is 2.39. The summed E-state index contributed by atoms with van der Waals surface area (Å²) in [5.41, 5.74) is -0.208. The third-order valence-electron chi connectivity index (χ3n) is 5.20. The third kappa shape index (κ3) is 3.68. The fourth-order valence-electron chi connectivity index (χ4n) is 3.94. The van der Waals surface area contributed by atoms with Gasteiger partial charge in [0.2, 0.25) is 5.91 Å². The van der Waals surface area contributed by atoms with Gasteiger partial charge in [0.1, 0.15) is 16.9 Å². The third-order valence-corrected chi connectivity index (χ3v) is 5.20. The van der Waals surface area contributed by atoms with Crippen molar-refractivity contribution in [1.29, 1.82) is 0 Å². The van der Waals surface area contributed by atoms with Crippen molar-refractivity contribution in [3.05, 3.63) is 24.3 Å². The van der Waals surface area contributed by atoms with Crippen molar-refractivity contribution in [1.82, 2.24) is 10.2 Å². The SMILES string of the molecule is COc1ccc(N2C(C)NC(=O)C23CCN(C(=O)OC(C)(C)C)CC3)cc1. The molecular weight excluding hydrogens is 346 g/mol. The van der Waals surface area contributed by atoms with Gasteiger partial charge < -0.3 is 24.6 Å². The Balaban J connectivity index is 1.79. The zero-order chi connectivity index (χ0) is 19.8. The van der Waals surface area contributed by atoms with E-state index in [0.717, 1.165) is 11.4 Å². The van der Waals surface area contributed by atoms with E-state index in [9.17, 15) is 9.59 Å². The highest BCUT2D eigenvalue weighted by molar-refractivity contribution is 5.94. The van der Waals surface area contributed by atoms with Gasteiger partial charge in [-0.1, -0.05) is 0 Å². The molecule has 2 aliphatic heterocycles. The van der Waals surface area contributed by atoms with Crippen molar-refractivity contribution < 1.29 is 19.1 Å². The van der Waals surface area contributed by atoms with E-state index in [1.807, 2.05) is 52.0 Å². The average molecular weight is 375 g/mol. The Morgan fingerprint density at radius 3 is 2.30 bits per heavy atom. The Labute approximate surface area is 160 Å². The van der Waals surface area contributed by atoms with Crippen LogP contribution in [0.2, 0.25) is 0 Å². The lowest BCUT2D eigenvalue weighted by Gasteiger charge is -2.44. The highest BCUT2D eigenvalue weighted by atomic mass is 16.6. The lowest BCUT2D eigenvalue weighted by molar-refractivity contribution is -0.125. The number of hydrogen-bond donors (Lipinski definition) is 1. The maximum Gasteiger partial charge on any atom is 0.410 e. The van der Waals surface area contributed by atoms with Crippen molar-refractivity contribution in [2.45, 2.75) is 57.8 Å². The predicted octanol–water partition coefficient (Wildman–Crippen LogP) is 2.75. The minimum atomic E-state index is -0.646. The highest BCUT2D eigenvalue weighted by Gasteiger charge is 2.53. The van der Waals surface area contributed by atoms with E-state index >= 15 is 0 Å². The number of rotatable bonds is 2. The first-order valence-corrected chi connectivity index (χ1v) is 9.38. The number of anilines is 1. The molecule has 0 aliphatic carbocycles. The second-order valence-corrected chi connectivity index (χ2v) is 8.22. The number of nitrogens with zero attached hydrogens (tertiary/aromatic N) is 2. The fraction of sp³-hybridized carbons (Fsp3) is 0.600. The van der Waals surface area contributed by atoms with E-state index in [1.165, 1.54) is 0 Å². The number of amides is 2. The van der Waals surface area contributed by atoms with Gasteiger partial charge in [0.25, 0.3) is 0 Å².